The van der Waals surface area contributed by atoms with Crippen LogP contribution in [0, 0.1) is 5.92 Å². The molecule has 0 saturated carbocycles. The minimum Gasteiger partial charge on any atom is -0.352 e. The van der Waals surface area contributed by atoms with Crippen molar-refractivity contribution in [2.45, 2.75) is 19.4 Å². The number of carbonyl (C=O) groups excluding carboxylic acids is 1. The van der Waals surface area contributed by atoms with Crippen LogP contribution in [0.15, 0.2) is 36.5 Å². The van der Waals surface area contributed by atoms with Gasteiger partial charge in [-0.15, -0.1) is 0 Å². The first kappa shape index (κ1) is 13.1. The number of aromatic nitrogens is 1. The van der Waals surface area contributed by atoms with E-state index in [-0.39, 0.29) is 11.8 Å². The largest absolute Gasteiger partial charge is 0.352 e. The average Bonchev–Trinajstić information content (AvgIpc) is 2.53. The molecule has 20 heavy (non-hydrogen) atoms. The van der Waals surface area contributed by atoms with E-state index in [1.54, 1.807) is 6.20 Å². The molecule has 1 atom stereocenters. The van der Waals surface area contributed by atoms with E-state index in [1.807, 2.05) is 24.3 Å². The number of pyridine rings is 1. The van der Waals surface area contributed by atoms with Crippen LogP contribution in [0.1, 0.15) is 18.4 Å². The van der Waals surface area contributed by atoms with Gasteiger partial charge in [0, 0.05) is 24.7 Å². The summed E-state index contributed by atoms with van der Waals surface area (Å²) < 4.78 is 0. The van der Waals surface area contributed by atoms with Crippen LogP contribution in [0.25, 0.3) is 10.9 Å². The van der Waals surface area contributed by atoms with Crippen molar-refractivity contribution >= 4 is 16.8 Å². The number of rotatable bonds is 3. The number of benzene rings is 1. The maximum absolute atomic E-state index is 12.1. The van der Waals surface area contributed by atoms with Crippen LogP contribution >= 0.6 is 0 Å². The quantitative estimate of drug-likeness (QED) is 0.894. The smallest absolute Gasteiger partial charge is 0.224 e. The highest BCUT2D eigenvalue weighted by atomic mass is 16.1. The second-order valence-electron chi connectivity index (χ2n) is 5.29. The summed E-state index contributed by atoms with van der Waals surface area (Å²) in [5.41, 5.74) is 2.10. The third-order valence-corrected chi connectivity index (χ3v) is 3.80. The molecule has 3 rings (SSSR count). The van der Waals surface area contributed by atoms with Crippen molar-refractivity contribution in [2.75, 3.05) is 13.1 Å². The molecule has 2 aromatic rings. The van der Waals surface area contributed by atoms with Gasteiger partial charge in [0.15, 0.2) is 0 Å². The first-order chi connectivity index (χ1) is 9.83. The van der Waals surface area contributed by atoms with Crippen LogP contribution in [0.2, 0.25) is 0 Å². The first-order valence-corrected chi connectivity index (χ1v) is 7.15. The van der Waals surface area contributed by atoms with Crippen molar-refractivity contribution in [1.82, 2.24) is 15.6 Å². The number of nitrogens with one attached hydrogen (secondary N) is 2. The van der Waals surface area contributed by atoms with Gasteiger partial charge in [-0.05, 0) is 43.1 Å². The molecular weight excluding hydrogens is 250 g/mol. The van der Waals surface area contributed by atoms with Gasteiger partial charge >= 0.3 is 0 Å². The van der Waals surface area contributed by atoms with E-state index in [2.05, 4.69) is 21.7 Å². The molecule has 0 spiro atoms. The zero-order valence-corrected chi connectivity index (χ0v) is 11.4. The molecule has 1 aromatic carbocycles. The molecule has 1 aromatic heterocycles. The van der Waals surface area contributed by atoms with Gasteiger partial charge in [-0.25, -0.2) is 0 Å². The van der Waals surface area contributed by atoms with E-state index >= 15 is 0 Å². The number of hydrogen-bond donors (Lipinski definition) is 2. The normalized spacial score (nSPS) is 18.9. The number of amides is 1. The number of nitrogens with zero attached hydrogens (tertiary/aromatic N) is 1. The van der Waals surface area contributed by atoms with Crippen molar-refractivity contribution in [3.8, 4) is 0 Å². The monoisotopic (exact) mass is 269 g/mol. The van der Waals surface area contributed by atoms with Gasteiger partial charge in [0.2, 0.25) is 5.91 Å². The predicted molar refractivity (Wildman–Crippen MR) is 79.2 cm³/mol. The molecule has 0 bridgehead atoms. The zero-order valence-electron chi connectivity index (χ0n) is 11.4. The molecular formula is C16H19N3O. The second kappa shape index (κ2) is 6.01. The fourth-order valence-electron chi connectivity index (χ4n) is 2.64. The standard InChI is InChI=1S/C16H19N3O/c20-16(14-4-1-7-17-11-14)19-10-12-5-6-15-13(9-12)3-2-8-18-15/h2-3,5-6,8-9,14,17H,1,4,7,10-11H2,(H,19,20). The SMILES string of the molecule is O=C(NCc1ccc2ncccc2c1)C1CCCNC1. The van der Waals surface area contributed by atoms with E-state index in [1.165, 1.54) is 0 Å². The molecule has 1 fully saturated rings. The molecule has 104 valence electrons. The fourth-order valence-corrected chi connectivity index (χ4v) is 2.64. The van der Waals surface area contributed by atoms with Gasteiger partial charge in [-0.1, -0.05) is 12.1 Å². The number of piperidine rings is 1. The molecule has 1 saturated heterocycles. The maximum atomic E-state index is 12.1. The molecule has 4 nitrogen and oxygen atoms in total. The van der Waals surface area contributed by atoms with E-state index < -0.39 is 0 Å². The zero-order chi connectivity index (χ0) is 13.8. The molecule has 2 heterocycles. The summed E-state index contributed by atoms with van der Waals surface area (Å²) in [6, 6.07) is 10.1. The molecule has 2 N–H and O–H groups in total. The van der Waals surface area contributed by atoms with E-state index in [9.17, 15) is 4.79 Å². The summed E-state index contributed by atoms with van der Waals surface area (Å²) in [5, 5.41) is 7.41. The Morgan fingerprint density at radius 2 is 2.35 bits per heavy atom. The number of carbonyl (C=O) groups is 1. The Morgan fingerprint density at radius 1 is 1.40 bits per heavy atom. The Bertz CT molecular complexity index is 605. The van der Waals surface area contributed by atoms with Crippen LogP contribution in [0.3, 0.4) is 0 Å². The summed E-state index contributed by atoms with van der Waals surface area (Å²) in [7, 11) is 0. The van der Waals surface area contributed by atoms with Crippen LogP contribution in [-0.2, 0) is 11.3 Å². The Labute approximate surface area is 118 Å². The van der Waals surface area contributed by atoms with Crippen molar-refractivity contribution in [3.05, 3.63) is 42.1 Å². The maximum Gasteiger partial charge on any atom is 0.224 e. The van der Waals surface area contributed by atoms with Crippen LogP contribution in [0.4, 0.5) is 0 Å². The Morgan fingerprint density at radius 3 is 3.20 bits per heavy atom. The fraction of sp³-hybridized carbons (Fsp3) is 0.375. The van der Waals surface area contributed by atoms with Gasteiger partial charge < -0.3 is 10.6 Å². The van der Waals surface area contributed by atoms with Crippen LogP contribution < -0.4 is 10.6 Å². The Balaban J connectivity index is 1.62. The summed E-state index contributed by atoms with van der Waals surface area (Å²) >= 11 is 0. The molecule has 0 aliphatic carbocycles. The summed E-state index contributed by atoms with van der Waals surface area (Å²) in [6.45, 7) is 2.41. The van der Waals surface area contributed by atoms with Gasteiger partial charge in [0.05, 0.1) is 11.4 Å². The lowest BCUT2D eigenvalue weighted by atomic mass is 9.99. The minimum atomic E-state index is 0.117. The van der Waals surface area contributed by atoms with E-state index in [4.69, 9.17) is 0 Å². The van der Waals surface area contributed by atoms with Crippen molar-refractivity contribution < 1.29 is 4.79 Å². The predicted octanol–water partition coefficient (Wildman–Crippen LogP) is 1.85. The Hall–Kier alpha value is -1.94. The molecule has 4 heteroatoms. The highest BCUT2D eigenvalue weighted by Gasteiger charge is 2.20. The van der Waals surface area contributed by atoms with Gasteiger partial charge in [0.1, 0.15) is 0 Å². The number of fused-ring (bicyclic) bond motifs is 1. The molecule has 1 aliphatic rings. The average molecular weight is 269 g/mol. The van der Waals surface area contributed by atoms with E-state index in [0.29, 0.717) is 6.54 Å². The molecule has 0 radical (unpaired) electrons. The molecule has 1 aliphatic heterocycles. The molecule has 1 amide bonds. The summed E-state index contributed by atoms with van der Waals surface area (Å²) in [5.74, 6) is 0.273. The molecule has 1 unspecified atom stereocenters. The third kappa shape index (κ3) is 2.96. The van der Waals surface area contributed by atoms with Crippen LogP contribution in [0.5, 0.6) is 0 Å². The summed E-state index contributed by atoms with van der Waals surface area (Å²) in [4.78, 5) is 16.4. The van der Waals surface area contributed by atoms with Gasteiger partial charge in [-0.3, -0.25) is 9.78 Å². The van der Waals surface area contributed by atoms with Crippen LogP contribution in [-0.4, -0.2) is 24.0 Å². The first-order valence-electron chi connectivity index (χ1n) is 7.15. The lowest BCUT2D eigenvalue weighted by Crippen LogP contribution is -2.40. The van der Waals surface area contributed by atoms with Crippen molar-refractivity contribution in [3.63, 3.8) is 0 Å². The second-order valence-corrected chi connectivity index (χ2v) is 5.29. The topological polar surface area (TPSA) is 54.0 Å². The highest BCUT2D eigenvalue weighted by molar-refractivity contribution is 5.80. The lowest BCUT2D eigenvalue weighted by molar-refractivity contribution is -0.125. The van der Waals surface area contributed by atoms with Gasteiger partial charge in [-0.2, -0.15) is 0 Å². The van der Waals surface area contributed by atoms with E-state index in [0.717, 1.165) is 42.4 Å². The van der Waals surface area contributed by atoms with Crippen molar-refractivity contribution in [2.24, 2.45) is 5.92 Å². The minimum absolute atomic E-state index is 0.117. The van der Waals surface area contributed by atoms with Gasteiger partial charge in [0.25, 0.3) is 0 Å². The number of hydrogen-bond acceptors (Lipinski definition) is 3. The highest BCUT2D eigenvalue weighted by Crippen LogP contribution is 2.14. The summed E-state index contributed by atoms with van der Waals surface area (Å²) in [6.07, 6.45) is 3.86. The Kier molecular flexibility index (Phi) is 3.92. The van der Waals surface area contributed by atoms with Crippen molar-refractivity contribution in [1.29, 1.82) is 0 Å². The lowest BCUT2D eigenvalue weighted by Gasteiger charge is -2.21. The third-order valence-electron chi connectivity index (χ3n) is 3.80.